The molecule has 1 aliphatic rings. The molecule has 0 aliphatic heterocycles. The van der Waals surface area contributed by atoms with Crippen molar-refractivity contribution in [2.45, 2.75) is 51.3 Å². The number of fused-ring (bicyclic) bond motifs is 4. The van der Waals surface area contributed by atoms with Gasteiger partial charge in [-0.05, 0) is 65.8 Å². The maximum atomic E-state index is 12.3. The Hall–Kier alpha value is -4.89. The van der Waals surface area contributed by atoms with Gasteiger partial charge in [-0.3, -0.25) is 0 Å². The molecule has 0 unspecified atom stereocenters. The summed E-state index contributed by atoms with van der Waals surface area (Å²) in [5, 5.41) is 16.8. The number of aliphatic carboxylic acids is 1. The van der Waals surface area contributed by atoms with Crippen molar-refractivity contribution in [1.29, 1.82) is 0 Å². The van der Waals surface area contributed by atoms with Crippen LogP contribution in [0.2, 0.25) is 0 Å². The smallest absolute Gasteiger partial charge is 0.407 e. The number of alkyl carbamates (subject to hydrolysis) is 2. The number of hydrogen-bond donors (Lipinski definition) is 4. The van der Waals surface area contributed by atoms with Crippen LogP contribution in [0.5, 0.6) is 0 Å². The molecule has 9 heteroatoms. The number of carboxylic acid groups (broad SMARTS) is 1. The van der Waals surface area contributed by atoms with Crippen LogP contribution < -0.4 is 16.4 Å². The fourth-order valence-corrected chi connectivity index (χ4v) is 5.14. The minimum atomic E-state index is -1.22. The summed E-state index contributed by atoms with van der Waals surface area (Å²) < 4.78 is 10.5. The quantitative estimate of drug-likeness (QED) is 0.190. The van der Waals surface area contributed by atoms with Gasteiger partial charge in [0.1, 0.15) is 18.2 Å². The highest BCUT2D eigenvalue weighted by Gasteiger charge is 2.30. The number of hydrogen-bond acceptors (Lipinski definition) is 6. The maximum absolute atomic E-state index is 12.3. The number of carbonyl (C=O) groups is 3. The van der Waals surface area contributed by atoms with E-state index < -0.39 is 29.8 Å². The molecule has 0 spiro atoms. The van der Waals surface area contributed by atoms with E-state index in [1.807, 2.05) is 66.7 Å². The summed E-state index contributed by atoms with van der Waals surface area (Å²) in [6.07, 6.45) is -1.49. The molecule has 0 aromatic heterocycles. The van der Waals surface area contributed by atoms with Crippen molar-refractivity contribution in [3.8, 4) is 11.1 Å². The Bertz CT molecular complexity index is 1560. The SMILES string of the molecule is CC(C)(C)OC(=O)NCC[C@H](NC(=O)OCC1c2ccccc2-c2ccccc21)C(=O)O.NCc1cccc2ccccc12. The van der Waals surface area contributed by atoms with Crippen LogP contribution in [0.4, 0.5) is 9.59 Å². The lowest BCUT2D eigenvalue weighted by Crippen LogP contribution is -2.44. The Kier molecular flexibility index (Phi) is 10.6. The molecule has 5 rings (SSSR count). The molecule has 4 aromatic rings. The minimum Gasteiger partial charge on any atom is -0.480 e. The van der Waals surface area contributed by atoms with Crippen LogP contribution in [0, 0.1) is 0 Å². The van der Waals surface area contributed by atoms with Crippen molar-refractivity contribution in [2.24, 2.45) is 5.73 Å². The highest BCUT2D eigenvalue weighted by atomic mass is 16.6. The highest BCUT2D eigenvalue weighted by molar-refractivity contribution is 5.85. The fraction of sp³-hybridized carbons (Fsp3) is 0.286. The zero-order chi connectivity index (χ0) is 31.7. The maximum Gasteiger partial charge on any atom is 0.407 e. The van der Waals surface area contributed by atoms with Gasteiger partial charge in [0.15, 0.2) is 0 Å². The van der Waals surface area contributed by atoms with E-state index in [2.05, 4.69) is 34.9 Å². The average molecular weight is 598 g/mol. The second-order valence-electron chi connectivity index (χ2n) is 11.4. The summed E-state index contributed by atoms with van der Waals surface area (Å²) >= 11 is 0. The van der Waals surface area contributed by atoms with Gasteiger partial charge in [-0.15, -0.1) is 0 Å². The zero-order valence-electron chi connectivity index (χ0n) is 25.2. The number of nitrogens with one attached hydrogen (secondary N) is 2. The highest BCUT2D eigenvalue weighted by Crippen LogP contribution is 2.44. The molecule has 0 fully saturated rings. The van der Waals surface area contributed by atoms with Gasteiger partial charge in [0, 0.05) is 19.0 Å². The average Bonchev–Trinajstić information content (AvgIpc) is 3.32. The summed E-state index contributed by atoms with van der Waals surface area (Å²) in [5.74, 6) is -1.34. The van der Waals surface area contributed by atoms with E-state index in [4.69, 9.17) is 15.2 Å². The molecule has 0 bridgehead atoms. The third kappa shape index (κ3) is 8.35. The van der Waals surface area contributed by atoms with Gasteiger partial charge in [0.05, 0.1) is 0 Å². The lowest BCUT2D eigenvalue weighted by Gasteiger charge is -2.20. The Morgan fingerprint density at radius 1 is 0.841 bits per heavy atom. The predicted octanol–water partition coefficient (Wildman–Crippen LogP) is 6.19. The topological polar surface area (TPSA) is 140 Å². The minimum absolute atomic E-state index is 0.0151. The van der Waals surface area contributed by atoms with E-state index >= 15 is 0 Å². The van der Waals surface area contributed by atoms with E-state index in [1.165, 1.54) is 16.3 Å². The molecule has 4 aromatic carbocycles. The summed E-state index contributed by atoms with van der Waals surface area (Å²) in [5.41, 5.74) is 10.5. The van der Waals surface area contributed by atoms with Crippen molar-refractivity contribution in [3.63, 3.8) is 0 Å². The van der Waals surface area contributed by atoms with Crippen molar-refractivity contribution < 1.29 is 29.0 Å². The van der Waals surface area contributed by atoms with Crippen LogP contribution >= 0.6 is 0 Å². The molecule has 1 atom stereocenters. The van der Waals surface area contributed by atoms with Gasteiger partial charge >= 0.3 is 18.2 Å². The Morgan fingerprint density at radius 2 is 1.43 bits per heavy atom. The first kappa shape index (κ1) is 32.0. The first-order valence-corrected chi connectivity index (χ1v) is 14.5. The number of amides is 2. The zero-order valence-corrected chi connectivity index (χ0v) is 25.2. The van der Waals surface area contributed by atoms with Crippen LogP contribution in [0.1, 0.15) is 49.8 Å². The Labute approximate surface area is 257 Å². The van der Waals surface area contributed by atoms with Gasteiger partial charge in [-0.2, -0.15) is 0 Å². The number of nitrogens with two attached hydrogens (primary N) is 1. The molecule has 9 nitrogen and oxygen atoms in total. The molecule has 230 valence electrons. The summed E-state index contributed by atoms with van der Waals surface area (Å²) in [7, 11) is 0. The van der Waals surface area contributed by atoms with Crippen LogP contribution in [-0.2, 0) is 20.8 Å². The number of ether oxygens (including phenoxy) is 2. The lowest BCUT2D eigenvalue weighted by molar-refractivity contribution is -0.139. The molecule has 0 heterocycles. The first-order valence-electron chi connectivity index (χ1n) is 14.5. The second kappa shape index (κ2) is 14.5. The van der Waals surface area contributed by atoms with Crippen LogP contribution in [-0.4, -0.2) is 48.1 Å². The van der Waals surface area contributed by atoms with E-state index in [0.717, 1.165) is 22.3 Å². The van der Waals surface area contributed by atoms with Gasteiger partial charge in [0.2, 0.25) is 0 Å². The monoisotopic (exact) mass is 597 g/mol. The normalized spacial score (nSPS) is 12.6. The molecule has 1 aliphatic carbocycles. The van der Waals surface area contributed by atoms with E-state index in [0.29, 0.717) is 6.54 Å². The molecular formula is C35H39N3O6. The van der Waals surface area contributed by atoms with Crippen molar-refractivity contribution >= 4 is 28.9 Å². The second-order valence-corrected chi connectivity index (χ2v) is 11.4. The first-order chi connectivity index (χ1) is 21.1. The Morgan fingerprint density at radius 3 is 2.05 bits per heavy atom. The van der Waals surface area contributed by atoms with Crippen molar-refractivity contribution in [1.82, 2.24) is 10.6 Å². The number of carbonyl (C=O) groups excluding carboxylic acids is 2. The molecule has 0 radical (unpaired) electrons. The van der Waals surface area contributed by atoms with Gasteiger partial charge in [-0.25, -0.2) is 14.4 Å². The molecule has 44 heavy (non-hydrogen) atoms. The van der Waals surface area contributed by atoms with Crippen LogP contribution in [0.15, 0.2) is 91.0 Å². The summed E-state index contributed by atoms with van der Waals surface area (Å²) in [4.78, 5) is 35.5. The summed E-state index contributed by atoms with van der Waals surface area (Å²) in [6.45, 7) is 5.90. The lowest BCUT2D eigenvalue weighted by atomic mass is 9.98. The van der Waals surface area contributed by atoms with Crippen LogP contribution in [0.25, 0.3) is 21.9 Å². The molecular weight excluding hydrogens is 558 g/mol. The Balaban J connectivity index is 0.000000305. The third-order valence-electron chi connectivity index (χ3n) is 7.13. The van der Waals surface area contributed by atoms with Crippen molar-refractivity contribution in [3.05, 3.63) is 108 Å². The molecule has 5 N–H and O–H groups in total. The van der Waals surface area contributed by atoms with E-state index in [9.17, 15) is 19.5 Å². The van der Waals surface area contributed by atoms with E-state index in [1.54, 1.807) is 20.8 Å². The van der Waals surface area contributed by atoms with Gasteiger partial charge in [0.25, 0.3) is 0 Å². The predicted molar refractivity (Wildman–Crippen MR) is 170 cm³/mol. The molecule has 0 saturated carbocycles. The number of carboxylic acids is 1. The summed E-state index contributed by atoms with van der Waals surface area (Å²) in [6, 6.07) is 29.2. The number of rotatable bonds is 8. The van der Waals surface area contributed by atoms with Crippen LogP contribution in [0.3, 0.4) is 0 Å². The van der Waals surface area contributed by atoms with Crippen molar-refractivity contribution in [2.75, 3.05) is 13.2 Å². The largest absolute Gasteiger partial charge is 0.480 e. The molecule has 0 saturated heterocycles. The fourth-order valence-electron chi connectivity index (χ4n) is 5.14. The van der Waals surface area contributed by atoms with E-state index in [-0.39, 0.29) is 25.5 Å². The number of benzene rings is 4. The van der Waals surface area contributed by atoms with Gasteiger partial charge < -0.3 is 30.9 Å². The van der Waals surface area contributed by atoms with Gasteiger partial charge in [-0.1, -0.05) is 91.0 Å². The standard InChI is InChI=1S/C24H28N2O6.C11H11N/c1-24(2,3)32-22(29)25-13-12-20(21(27)28)26-23(30)31-14-19-17-10-6-4-8-15(17)16-9-5-7-11-18(16)19;12-8-10-6-3-5-9-4-1-2-7-11(9)10/h4-11,19-20H,12-14H2,1-3H3,(H,25,29)(H,26,30)(H,27,28);1-7H,8,12H2/t20-;/m0./s1. The third-order valence-corrected chi connectivity index (χ3v) is 7.13. The molecule has 2 amide bonds.